The summed E-state index contributed by atoms with van der Waals surface area (Å²) in [4.78, 5) is 0. The zero-order valence-corrected chi connectivity index (χ0v) is 7.91. The Morgan fingerprint density at radius 2 is 2.00 bits per heavy atom. The molecule has 0 aliphatic carbocycles. The molecule has 0 bridgehead atoms. The van der Waals surface area contributed by atoms with Crippen molar-refractivity contribution in [1.82, 2.24) is 0 Å². The smallest absolute Gasteiger partial charge is 0.125 e. The van der Waals surface area contributed by atoms with E-state index in [4.69, 9.17) is 5.11 Å². The zero-order valence-electron chi connectivity index (χ0n) is 7.91. The Balaban J connectivity index is 3.11. The first-order chi connectivity index (χ1) is 6.16. The minimum absolute atomic E-state index is 0.00758. The van der Waals surface area contributed by atoms with Gasteiger partial charge in [-0.3, -0.25) is 0 Å². The first-order valence-electron chi connectivity index (χ1n) is 4.23. The highest BCUT2D eigenvalue weighted by molar-refractivity contribution is 5.60. The van der Waals surface area contributed by atoms with Gasteiger partial charge < -0.3 is 10.2 Å². The molecule has 0 heterocycles. The lowest BCUT2D eigenvalue weighted by Gasteiger charge is -2.05. The summed E-state index contributed by atoms with van der Waals surface area (Å²) in [7, 11) is 0. The molecule has 1 aromatic carbocycles. The Hall–Kier alpha value is -1.28. The van der Waals surface area contributed by atoms with Crippen molar-refractivity contribution in [2.24, 2.45) is 0 Å². The van der Waals surface area contributed by atoms with E-state index in [-0.39, 0.29) is 6.61 Å². The van der Waals surface area contributed by atoms with E-state index in [2.05, 4.69) is 0 Å². The van der Waals surface area contributed by atoms with Crippen LogP contribution in [0.25, 0.3) is 6.08 Å². The van der Waals surface area contributed by atoms with Crippen LogP contribution in [0.2, 0.25) is 0 Å². The first-order valence-corrected chi connectivity index (χ1v) is 4.23. The van der Waals surface area contributed by atoms with Crippen molar-refractivity contribution >= 4 is 6.08 Å². The van der Waals surface area contributed by atoms with E-state index < -0.39 is 0 Å². The van der Waals surface area contributed by atoms with E-state index in [9.17, 15) is 5.11 Å². The van der Waals surface area contributed by atoms with Gasteiger partial charge in [-0.05, 0) is 25.0 Å². The predicted molar refractivity (Wildman–Crippen MR) is 53.7 cm³/mol. The van der Waals surface area contributed by atoms with Crippen LogP contribution in [0.1, 0.15) is 16.7 Å². The molecule has 0 radical (unpaired) electrons. The van der Waals surface area contributed by atoms with Gasteiger partial charge >= 0.3 is 0 Å². The number of hydrogen-bond acceptors (Lipinski definition) is 2. The van der Waals surface area contributed by atoms with E-state index in [0.29, 0.717) is 5.75 Å². The van der Waals surface area contributed by atoms with E-state index in [1.54, 1.807) is 12.2 Å². The maximum absolute atomic E-state index is 9.67. The number of aryl methyl sites for hydroxylation is 1. The average molecular weight is 178 g/mol. The largest absolute Gasteiger partial charge is 0.507 e. The average Bonchev–Trinajstić information content (AvgIpc) is 2.13. The van der Waals surface area contributed by atoms with Gasteiger partial charge in [0.25, 0.3) is 0 Å². The molecule has 0 aromatic heterocycles. The first kappa shape index (κ1) is 9.81. The summed E-state index contributed by atoms with van der Waals surface area (Å²) in [6.07, 6.45) is 3.31. The molecule has 0 saturated heterocycles. The topological polar surface area (TPSA) is 40.5 Å². The Labute approximate surface area is 78.2 Å². The molecule has 70 valence electrons. The maximum Gasteiger partial charge on any atom is 0.125 e. The quantitative estimate of drug-likeness (QED) is 0.727. The predicted octanol–water partition coefficient (Wildman–Crippen LogP) is 2.01. The molecule has 2 N–H and O–H groups in total. The lowest BCUT2D eigenvalue weighted by Crippen LogP contribution is -1.85. The molecule has 0 aliphatic heterocycles. The number of phenols is 1. The van der Waals surface area contributed by atoms with Crippen LogP contribution in [0.5, 0.6) is 5.75 Å². The molecule has 2 nitrogen and oxygen atoms in total. The second-order valence-electron chi connectivity index (χ2n) is 3.03. The summed E-state index contributed by atoms with van der Waals surface area (Å²) >= 11 is 0. The molecule has 0 aliphatic rings. The van der Waals surface area contributed by atoms with E-state index in [0.717, 1.165) is 16.7 Å². The van der Waals surface area contributed by atoms with Crippen LogP contribution in [-0.4, -0.2) is 16.8 Å². The van der Waals surface area contributed by atoms with Crippen LogP contribution in [-0.2, 0) is 0 Å². The Morgan fingerprint density at radius 1 is 1.31 bits per heavy atom. The summed E-state index contributed by atoms with van der Waals surface area (Å²) < 4.78 is 0. The van der Waals surface area contributed by atoms with Gasteiger partial charge in [0.05, 0.1) is 6.61 Å². The van der Waals surface area contributed by atoms with Crippen LogP contribution >= 0.6 is 0 Å². The van der Waals surface area contributed by atoms with Crippen LogP contribution < -0.4 is 0 Å². The molecule has 2 heteroatoms. The summed E-state index contributed by atoms with van der Waals surface area (Å²) in [6.45, 7) is 3.82. The molecule has 0 atom stereocenters. The molecular formula is C11H14O2. The molecular weight excluding hydrogens is 164 g/mol. The van der Waals surface area contributed by atoms with Crippen LogP contribution in [0.3, 0.4) is 0 Å². The van der Waals surface area contributed by atoms with Gasteiger partial charge in [0.2, 0.25) is 0 Å². The lowest BCUT2D eigenvalue weighted by molar-refractivity contribution is 0.343. The molecule has 0 fully saturated rings. The number of benzene rings is 1. The standard InChI is InChI=1S/C11H14O2/c1-8-5-6-10(4-3-7-12)11(13)9(8)2/h3-6,12-13H,7H2,1-2H3/b4-3+. The Kier molecular flexibility index (Phi) is 3.09. The Bertz CT molecular complexity index is 327. The normalized spacial score (nSPS) is 11.0. The van der Waals surface area contributed by atoms with Gasteiger partial charge in [0.1, 0.15) is 5.75 Å². The van der Waals surface area contributed by atoms with Gasteiger partial charge in [0, 0.05) is 5.56 Å². The zero-order chi connectivity index (χ0) is 9.84. The number of phenolic OH excluding ortho intramolecular Hbond substituents is 1. The minimum atomic E-state index is -0.00758. The van der Waals surface area contributed by atoms with Gasteiger partial charge in [-0.2, -0.15) is 0 Å². The molecule has 13 heavy (non-hydrogen) atoms. The van der Waals surface area contributed by atoms with Gasteiger partial charge in [-0.1, -0.05) is 24.3 Å². The lowest BCUT2D eigenvalue weighted by atomic mass is 10.0. The maximum atomic E-state index is 9.67. The van der Waals surface area contributed by atoms with Crippen molar-refractivity contribution in [3.8, 4) is 5.75 Å². The highest BCUT2D eigenvalue weighted by atomic mass is 16.3. The highest BCUT2D eigenvalue weighted by Gasteiger charge is 2.02. The third-order valence-electron chi connectivity index (χ3n) is 2.14. The van der Waals surface area contributed by atoms with Crippen molar-refractivity contribution < 1.29 is 10.2 Å². The number of aromatic hydroxyl groups is 1. The minimum Gasteiger partial charge on any atom is -0.507 e. The van der Waals surface area contributed by atoms with Crippen molar-refractivity contribution in [3.05, 3.63) is 34.9 Å². The molecule has 0 spiro atoms. The van der Waals surface area contributed by atoms with Crippen LogP contribution in [0.4, 0.5) is 0 Å². The molecule has 1 rings (SSSR count). The van der Waals surface area contributed by atoms with Crippen molar-refractivity contribution in [3.63, 3.8) is 0 Å². The summed E-state index contributed by atoms with van der Waals surface area (Å²) in [5.74, 6) is 0.296. The number of hydrogen-bond donors (Lipinski definition) is 2. The van der Waals surface area contributed by atoms with Crippen molar-refractivity contribution in [2.45, 2.75) is 13.8 Å². The number of aliphatic hydroxyl groups is 1. The number of rotatable bonds is 2. The summed E-state index contributed by atoms with van der Waals surface area (Å²) in [5.41, 5.74) is 2.70. The second-order valence-corrected chi connectivity index (χ2v) is 3.03. The number of aliphatic hydroxyl groups excluding tert-OH is 1. The van der Waals surface area contributed by atoms with E-state index in [1.165, 1.54) is 0 Å². The third-order valence-corrected chi connectivity index (χ3v) is 2.14. The van der Waals surface area contributed by atoms with Gasteiger partial charge in [-0.15, -0.1) is 0 Å². The molecule has 0 saturated carbocycles. The molecule has 0 amide bonds. The van der Waals surface area contributed by atoms with E-state index >= 15 is 0 Å². The SMILES string of the molecule is Cc1ccc(/C=C/CO)c(O)c1C. The fourth-order valence-electron chi connectivity index (χ4n) is 1.14. The summed E-state index contributed by atoms with van der Waals surface area (Å²) in [6, 6.07) is 3.79. The van der Waals surface area contributed by atoms with E-state index in [1.807, 2.05) is 26.0 Å². The fourth-order valence-corrected chi connectivity index (χ4v) is 1.14. The highest BCUT2D eigenvalue weighted by Crippen LogP contribution is 2.25. The van der Waals surface area contributed by atoms with Crippen molar-refractivity contribution in [2.75, 3.05) is 6.61 Å². The van der Waals surface area contributed by atoms with Crippen LogP contribution in [0.15, 0.2) is 18.2 Å². The molecule has 1 aromatic rings. The monoisotopic (exact) mass is 178 g/mol. The van der Waals surface area contributed by atoms with Crippen LogP contribution in [0, 0.1) is 13.8 Å². The van der Waals surface area contributed by atoms with Gasteiger partial charge in [-0.25, -0.2) is 0 Å². The fraction of sp³-hybridized carbons (Fsp3) is 0.273. The Morgan fingerprint density at radius 3 is 2.62 bits per heavy atom. The molecule has 0 unspecified atom stereocenters. The van der Waals surface area contributed by atoms with Crippen molar-refractivity contribution in [1.29, 1.82) is 0 Å². The van der Waals surface area contributed by atoms with Gasteiger partial charge in [0.15, 0.2) is 0 Å². The second kappa shape index (κ2) is 4.10. The summed E-state index contributed by atoms with van der Waals surface area (Å²) in [5, 5.41) is 18.2. The third kappa shape index (κ3) is 2.10.